The van der Waals surface area contributed by atoms with Crippen molar-refractivity contribution in [3.8, 4) is 0 Å². The summed E-state index contributed by atoms with van der Waals surface area (Å²) in [5, 5.41) is 3.43. The van der Waals surface area contributed by atoms with E-state index in [1.165, 1.54) is 4.90 Å². The third-order valence-corrected chi connectivity index (χ3v) is 8.42. The normalized spacial score (nSPS) is 12.0. The van der Waals surface area contributed by atoms with Gasteiger partial charge in [-0.15, -0.1) is 0 Å². The van der Waals surface area contributed by atoms with Crippen LogP contribution in [-0.2, 0) is 32.6 Å². The minimum absolute atomic E-state index is 0.0433. The molecule has 0 bridgehead atoms. The molecule has 0 spiro atoms. The van der Waals surface area contributed by atoms with E-state index >= 15 is 0 Å². The number of nitrogens with one attached hydrogen (secondary N) is 1. The second-order valence-electron chi connectivity index (χ2n) is 9.95. The molecule has 40 heavy (non-hydrogen) atoms. The zero-order chi connectivity index (χ0) is 29.3. The number of benzene rings is 3. The lowest BCUT2D eigenvalue weighted by Gasteiger charge is -2.34. The molecule has 7 nitrogen and oxygen atoms in total. The third-order valence-electron chi connectivity index (χ3n) is 6.92. The second kappa shape index (κ2) is 14.3. The van der Waals surface area contributed by atoms with E-state index in [2.05, 4.69) is 5.32 Å². The van der Waals surface area contributed by atoms with Gasteiger partial charge in [0.15, 0.2) is 0 Å². The Kier molecular flexibility index (Phi) is 11.2. The molecule has 1 atom stereocenters. The number of amides is 2. The fourth-order valence-corrected chi connectivity index (χ4v) is 5.57. The van der Waals surface area contributed by atoms with E-state index in [0.29, 0.717) is 22.8 Å². The minimum atomic E-state index is -3.83. The Hall–Kier alpha value is -3.36. The van der Waals surface area contributed by atoms with Crippen LogP contribution in [0.5, 0.6) is 0 Å². The van der Waals surface area contributed by atoms with E-state index in [1.807, 2.05) is 63.2 Å². The molecular formula is C31H38ClN3O4S. The molecule has 0 heterocycles. The summed E-state index contributed by atoms with van der Waals surface area (Å²) in [5.74, 6) is -0.798. The topological polar surface area (TPSA) is 86.8 Å². The molecular weight excluding hydrogens is 546 g/mol. The molecule has 0 aliphatic rings. The maximum Gasteiger partial charge on any atom is 0.244 e. The number of unbranched alkanes of at least 4 members (excludes halogenated alkanes) is 1. The van der Waals surface area contributed by atoms with Crippen LogP contribution in [0.1, 0.15) is 42.0 Å². The first-order chi connectivity index (χ1) is 19.0. The second-order valence-corrected chi connectivity index (χ2v) is 12.3. The average Bonchev–Trinajstić information content (AvgIpc) is 2.92. The van der Waals surface area contributed by atoms with Crippen LogP contribution in [0, 0.1) is 13.8 Å². The van der Waals surface area contributed by atoms with Crippen LogP contribution >= 0.6 is 11.6 Å². The average molecular weight is 584 g/mol. The number of rotatable bonds is 13. The van der Waals surface area contributed by atoms with Gasteiger partial charge in [0.25, 0.3) is 0 Å². The van der Waals surface area contributed by atoms with Crippen molar-refractivity contribution in [2.24, 2.45) is 0 Å². The highest BCUT2D eigenvalue weighted by atomic mass is 35.5. The first-order valence-corrected chi connectivity index (χ1v) is 15.6. The Morgan fingerprint density at radius 3 is 2.27 bits per heavy atom. The van der Waals surface area contributed by atoms with E-state index in [-0.39, 0.29) is 18.9 Å². The summed E-state index contributed by atoms with van der Waals surface area (Å²) in [6, 6.07) is 21.1. The predicted molar refractivity (Wildman–Crippen MR) is 162 cm³/mol. The zero-order valence-corrected chi connectivity index (χ0v) is 25.1. The lowest BCUT2D eigenvalue weighted by molar-refractivity contribution is -0.140. The van der Waals surface area contributed by atoms with Gasteiger partial charge in [0.05, 0.1) is 11.9 Å². The van der Waals surface area contributed by atoms with Crippen molar-refractivity contribution in [3.63, 3.8) is 0 Å². The number of aryl methyl sites for hydroxylation is 1. The van der Waals surface area contributed by atoms with Crippen molar-refractivity contribution in [1.29, 1.82) is 0 Å². The van der Waals surface area contributed by atoms with Crippen molar-refractivity contribution >= 4 is 39.1 Å². The van der Waals surface area contributed by atoms with E-state index in [1.54, 1.807) is 30.3 Å². The number of carbonyl (C=O) groups excluding carboxylic acids is 2. The highest BCUT2D eigenvalue weighted by Gasteiger charge is 2.33. The van der Waals surface area contributed by atoms with Gasteiger partial charge in [-0.25, -0.2) is 8.42 Å². The lowest BCUT2D eigenvalue weighted by Crippen LogP contribution is -2.53. The first-order valence-electron chi connectivity index (χ1n) is 13.4. The van der Waals surface area contributed by atoms with Crippen LogP contribution in [0.25, 0.3) is 0 Å². The van der Waals surface area contributed by atoms with Crippen molar-refractivity contribution in [2.45, 2.75) is 52.6 Å². The number of hydrogen-bond acceptors (Lipinski definition) is 4. The van der Waals surface area contributed by atoms with Gasteiger partial charge in [0.2, 0.25) is 21.8 Å². The molecule has 0 fully saturated rings. The molecule has 1 N–H and O–H groups in total. The summed E-state index contributed by atoms with van der Waals surface area (Å²) >= 11 is 6.49. The molecule has 2 amide bonds. The molecule has 3 rings (SSSR count). The smallest absolute Gasteiger partial charge is 0.244 e. The van der Waals surface area contributed by atoms with Gasteiger partial charge in [-0.2, -0.15) is 0 Å². The van der Waals surface area contributed by atoms with Gasteiger partial charge in [-0.1, -0.05) is 85.6 Å². The van der Waals surface area contributed by atoms with Crippen LogP contribution in [-0.4, -0.2) is 50.5 Å². The number of anilines is 1. The molecule has 214 valence electrons. The SMILES string of the molecule is CCCCNC(=O)[C@H](Cc1ccccc1)N(Cc1ccccc1Cl)C(=O)CN(c1cccc(C)c1C)S(C)(=O)=O. The molecule has 0 saturated heterocycles. The summed E-state index contributed by atoms with van der Waals surface area (Å²) in [4.78, 5) is 29.2. The summed E-state index contributed by atoms with van der Waals surface area (Å²) in [6.45, 7) is 5.82. The number of carbonyl (C=O) groups is 2. The predicted octanol–water partition coefficient (Wildman–Crippen LogP) is 5.28. The molecule has 0 radical (unpaired) electrons. The Morgan fingerprint density at radius 1 is 0.950 bits per heavy atom. The van der Waals surface area contributed by atoms with E-state index in [4.69, 9.17) is 11.6 Å². The van der Waals surface area contributed by atoms with Gasteiger partial charge in [-0.05, 0) is 54.7 Å². The van der Waals surface area contributed by atoms with Crippen LogP contribution in [0.2, 0.25) is 5.02 Å². The summed E-state index contributed by atoms with van der Waals surface area (Å²) in [6.07, 6.45) is 3.05. The maximum atomic E-state index is 14.1. The summed E-state index contributed by atoms with van der Waals surface area (Å²) in [7, 11) is -3.83. The van der Waals surface area contributed by atoms with Gasteiger partial charge >= 0.3 is 0 Å². The monoisotopic (exact) mass is 583 g/mol. The third kappa shape index (κ3) is 8.32. The van der Waals surface area contributed by atoms with E-state index in [0.717, 1.165) is 40.1 Å². The van der Waals surface area contributed by atoms with Crippen LogP contribution in [0.3, 0.4) is 0 Å². The Morgan fingerprint density at radius 2 is 1.62 bits per heavy atom. The van der Waals surface area contributed by atoms with Crippen LogP contribution in [0.4, 0.5) is 5.69 Å². The Bertz CT molecular complexity index is 1410. The first kappa shape index (κ1) is 31.2. The fraction of sp³-hybridized carbons (Fsp3) is 0.355. The van der Waals surface area contributed by atoms with Crippen molar-refractivity contribution in [3.05, 3.63) is 100 Å². The van der Waals surface area contributed by atoms with Gasteiger partial charge in [0.1, 0.15) is 12.6 Å². The number of nitrogens with zero attached hydrogens (tertiary/aromatic N) is 2. The van der Waals surface area contributed by atoms with Crippen LogP contribution < -0.4 is 9.62 Å². The largest absolute Gasteiger partial charge is 0.354 e. The maximum absolute atomic E-state index is 14.1. The van der Waals surface area contributed by atoms with Crippen molar-refractivity contribution < 1.29 is 18.0 Å². The lowest BCUT2D eigenvalue weighted by atomic mass is 10.0. The van der Waals surface area contributed by atoms with Gasteiger partial charge in [0, 0.05) is 24.5 Å². The highest BCUT2D eigenvalue weighted by molar-refractivity contribution is 7.92. The van der Waals surface area contributed by atoms with Gasteiger partial charge in [-0.3, -0.25) is 13.9 Å². The highest BCUT2D eigenvalue weighted by Crippen LogP contribution is 2.26. The Balaban J connectivity index is 2.07. The molecule has 3 aromatic carbocycles. The quantitative estimate of drug-likeness (QED) is 0.277. The molecule has 0 saturated carbocycles. The van der Waals surface area contributed by atoms with E-state index in [9.17, 15) is 18.0 Å². The number of halogens is 1. The minimum Gasteiger partial charge on any atom is -0.354 e. The standard InChI is InChI=1S/C31H38ClN3O4S/c1-5-6-19-33-31(37)29(20-25-14-8-7-9-15-25)34(21-26-16-10-11-17-27(26)32)30(36)22-35(40(4,38)39)28-18-12-13-23(2)24(28)3/h7-18,29H,5-6,19-22H2,1-4H3,(H,33,37)/t29-/m0/s1. The Labute approximate surface area is 243 Å². The molecule has 0 aromatic heterocycles. The number of sulfonamides is 1. The summed E-state index contributed by atoms with van der Waals surface area (Å²) < 4.78 is 27.1. The molecule has 0 unspecified atom stereocenters. The number of hydrogen-bond donors (Lipinski definition) is 1. The molecule has 0 aliphatic heterocycles. The van der Waals surface area contributed by atoms with E-state index < -0.39 is 28.5 Å². The summed E-state index contributed by atoms with van der Waals surface area (Å²) in [5.41, 5.74) is 3.64. The zero-order valence-electron chi connectivity index (χ0n) is 23.6. The van der Waals surface area contributed by atoms with Crippen molar-refractivity contribution in [2.75, 3.05) is 23.7 Å². The molecule has 9 heteroatoms. The molecule has 0 aliphatic carbocycles. The van der Waals surface area contributed by atoms with Crippen LogP contribution in [0.15, 0.2) is 72.8 Å². The molecule has 3 aromatic rings. The van der Waals surface area contributed by atoms with Crippen molar-refractivity contribution in [1.82, 2.24) is 10.2 Å². The van der Waals surface area contributed by atoms with Gasteiger partial charge < -0.3 is 10.2 Å². The fourth-order valence-electron chi connectivity index (χ4n) is 4.47.